The minimum Gasteiger partial charge on any atom is -0.206 e. The van der Waals surface area contributed by atoms with Gasteiger partial charge in [0.15, 0.2) is 0 Å². The van der Waals surface area contributed by atoms with E-state index in [0.717, 1.165) is 6.07 Å². The molecular formula is C21H4F7N5. The Morgan fingerprint density at radius 3 is 1.55 bits per heavy atom. The van der Waals surface area contributed by atoms with Gasteiger partial charge in [-0.05, 0) is 29.8 Å². The number of benzene rings is 2. The van der Waals surface area contributed by atoms with Gasteiger partial charge >= 0.3 is 12.4 Å². The Hall–Kier alpha value is -4.86. The Labute approximate surface area is 180 Å². The van der Waals surface area contributed by atoms with Crippen LogP contribution in [-0.4, -0.2) is 0 Å². The van der Waals surface area contributed by atoms with Crippen LogP contribution in [0, 0.1) is 62.5 Å². The second-order valence-corrected chi connectivity index (χ2v) is 6.13. The molecule has 0 saturated carbocycles. The van der Waals surface area contributed by atoms with E-state index in [1.807, 2.05) is 0 Å². The van der Waals surface area contributed by atoms with Crippen molar-refractivity contribution in [3.63, 3.8) is 0 Å². The van der Waals surface area contributed by atoms with Crippen molar-refractivity contribution in [3.8, 4) is 30.3 Å². The summed E-state index contributed by atoms with van der Waals surface area (Å²) in [6, 6.07) is 7.80. The van der Waals surface area contributed by atoms with Crippen molar-refractivity contribution < 1.29 is 30.7 Å². The van der Waals surface area contributed by atoms with Crippen LogP contribution in [-0.2, 0) is 12.4 Å². The molecule has 33 heavy (non-hydrogen) atoms. The molecule has 2 rings (SSSR count). The first-order valence-corrected chi connectivity index (χ1v) is 8.25. The first kappa shape index (κ1) is 24.4. The van der Waals surface area contributed by atoms with Crippen molar-refractivity contribution in [2.45, 2.75) is 12.4 Å². The van der Waals surface area contributed by atoms with Crippen molar-refractivity contribution in [1.82, 2.24) is 0 Å². The zero-order valence-electron chi connectivity index (χ0n) is 15.7. The van der Waals surface area contributed by atoms with Crippen LogP contribution in [0.1, 0.15) is 27.8 Å². The molecular weight excluding hydrogens is 455 g/mol. The lowest BCUT2D eigenvalue weighted by Crippen LogP contribution is -2.22. The maximum atomic E-state index is 14.7. The van der Waals surface area contributed by atoms with Gasteiger partial charge in [0, 0.05) is 10.4 Å². The molecule has 0 bridgehead atoms. The normalized spacial score (nSPS) is 11.8. The highest BCUT2D eigenvalue weighted by Gasteiger charge is 2.42. The van der Waals surface area contributed by atoms with Crippen molar-refractivity contribution in [3.05, 3.63) is 68.3 Å². The molecule has 0 aliphatic carbocycles. The van der Waals surface area contributed by atoms with E-state index in [9.17, 15) is 41.3 Å². The van der Waals surface area contributed by atoms with Crippen molar-refractivity contribution >= 4 is 11.1 Å². The van der Waals surface area contributed by atoms with Gasteiger partial charge in [0.25, 0.3) is 0 Å². The molecule has 0 atom stereocenters. The smallest absolute Gasteiger partial charge is 0.206 e. The minimum atomic E-state index is -5.43. The Bertz CT molecular complexity index is 1450. The van der Waals surface area contributed by atoms with Crippen LogP contribution in [0.4, 0.5) is 30.7 Å². The zero-order chi connectivity index (χ0) is 25.1. The fourth-order valence-corrected chi connectivity index (χ4v) is 2.84. The summed E-state index contributed by atoms with van der Waals surface area (Å²) in [5, 5.41) is 44.1. The highest BCUT2D eigenvalue weighted by Crippen LogP contribution is 2.40. The van der Waals surface area contributed by atoms with Crippen molar-refractivity contribution in [2.75, 3.05) is 0 Å². The van der Waals surface area contributed by atoms with Gasteiger partial charge in [0.2, 0.25) is 0 Å². The van der Waals surface area contributed by atoms with E-state index >= 15 is 0 Å². The van der Waals surface area contributed by atoms with Gasteiger partial charge < -0.3 is 0 Å². The third-order valence-electron chi connectivity index (χ3n) is 4.25. The molecule has 5 nitrogen and oxygen atoms in total. The molecule has 0 unspecified atom stereocenters. The zero-order valence-corrected chi connectivity index (χ0v) is 15.7. The standard InChI is InChI=1S/C21H4F7N5/c22-19-4-13(12(6-30)7-31)11(5-29)1-14(19)15(8-32)10-2-17(20(23,24)25)16(9-33)18(3-10)21(26,27)28/h1-4H/b15-14-. The molecule has 0 radical (unpaired) electrons. The molecule has 0 aliphatic rings. The van der Waals surface area contributed by atoms with Crippen molar-refractivity contribution in [2.24, 2.45) is 0 Å². The lowest BCUT2D eigenvalue weighted by molar-refractivity contribution is -0.143. The molecule has 162 valence electrons. The third-order valence-corrected chi connectivity index (χ3v) is 4.25. The predicted octanol–water partition coefficient (Wildman–Crippen LogP) is 3.53. The SMILES string of the molecule is N#CC(C#N)=c1cc(F)/c(=C(/C#N)c2cc(C(F)(F)F)c(C#N)c(C(F)(F)F)c2)cc1C#N. The molecule has 0 aliphatic heterocycles. The second kappa shape index (κ2) is 8.71. The van der Waals surface area contributed by atoms with Crippen LogP contribution in [0.5, 0.6) is 0 Å². The van der Waals surface area contributed by atoms with Crippen LogP contribution < -0.4 is 10.4 Å². The number of hydrogen-bond acceptors (Lipinski definition) is 5. The molecule has 0 heterocycles. The monoisotopic (exact) mass is 459 g/mol. The van der Waals surface area contributed by atoms with E-state index in [-0.39, 0.29) is 12.1 Å². The van der Waals surface area contributed by atoms with E-state index in [2.05, 4.69) is 0 Å². The number of alkyl halides is 6. The van der Waals surface area contributed by atoms with Gasteiger partial charge in [0.1, 0.15) is 35.7 Å². The van der Waals surface area contributed by atoms with E-state index in [1.165, 1.54) is 24.3 Å². The van der Waals surface area contributed by atoms with Gasteiger partial charge in [-0.25, -0.2) is 4.39 Å². The highest BCUT2D eigenvalue weighted by atomic mass is 19.4. The first-order valence-electron chi connectivity index (χ1n) is 8.25. The number of nitriles is 5. The second-order valence-electron chi connectivity index (χ2n) is 6.13. The lowest BCUT2D eigenvalue weighted by Gasteiger charge is -2.16. The van der Waals surface area contributed by atoms with Gasteiger partial charge in [0.05, 0.1) is 33.9 Å². The molecule has 0 N–H and O–H groups in total. The van der Waals surface area contributed by atoms with Gasteiger partial charge in [-0.3, -0.25) is 0 Å². The Morgan fingerprint density at radius 1 is 0.667 bits per heavy atom. The van der Waals surface area contributed by atoms with E-state index < -0.39 is 67.6 Å². The summed E-state index contributed by atoms with van der Waals surface area (Å²) in [6.45, 7) is 0. The third kappa shape index (κ3) is 4.59. The Kier molecular flexibility index (Phi) is 6.44. The lowest BCUT2D eigenvalue weighted by atomic mass is 9.93. The van der Waals surface area contributed by atoms with Gasteiger partial charge in [-0.1, -0.05) is 0 Å². The van der Waals surface area contributed by atoms with Gasteiger partial charge in [-0.2, -0.15) is 52.7 Å². The van der Waals surface area contributed by atoms with Crippen molar-refractivity contribution in [1.29, 1.82) is 26.3 Å². The maximum Gasteiger partial charge on any atom is 0.417 e. The van der Waals surface area contributed by atoms with Crippen LogP contribution >= 0.6 is 0 Å². The fourth-order valence-electron chi connectivity index (χ4n) is 2.84. The molecule has 0 amide bonds. The maximum absolute atomic E-state index is 14.7. The van der Waals surface area contributed by atoms with Gasteiger partial charge in [-0.15, -0.1) is 0 Å². The fraction of sp³-hybridized carbons (Fsp3) is 0.0952. The molecule has 0 spiro atoms. The summed E-state index contributed by atoms with van der Waals surface area (Å²) in [7, 11) is 0. The quantitative estimate of drug-likeness (QED) is 0.605. The summed E-state index contributed by atoms with van der Waals surface area (Å²) < 4.78 is 95.0. The summed E-state index contributed by atoms with van der Waals surface area (Å²) in [6.07, 6.45) is -10.9. The Balaban J connectivity index is 3.17. The van der Waals surface area contributed by atoms with Crippen LogP contribution in [0.2, 0.25) is 0 Å². The molecule has 2 aromatic rings. The highest BCUT2D eigenvalue weighted by molar-refractivity contribution is 5.79. The summed E-state index contributed by atoms with van der Waals surface area (Å²) in [5.74, 6) is -1.39. The average molecular weight is 459 g/mol. The van der Waals surface area contributed by atoms with E-state index in [0.29, 0.717) is 12.1 Å². The van der Waals surface area contributed by atoms with E-state index in [1.54, 1.807) is 0 Å². The number of nitrogens with zero attached hydrogens (tertiary/aromatic N) is 5. The summed E-state index contributed by atoms with van der Waals surface area (Å²) in [4.78, 5) is 0. The van der Waals surface area contributed by atoms with E-state index in [4.69, 9.17) is 15.8 Å². The minimum absolute atomic E-state index is 0.0911. The topological polar surface area (TPSA) is 119 Å². The van der Waals surface area contributed by atoms with Crippen LogP contribution in [0.15, 0.2) is 24.3 Å². The summed E-state index contributed by atoms with van der Waals surface area (Å²) in [5.41, 5.74) is -8.96. The molecule has 0 fully saturated rings. The van der Waals surface area contributed by atoms with Crippen LogP contribution in [0.25, 0.3) is 11.1 Å². The summed E-state index contributed by atoms with van der Waals surface area (Å²) >= 11 is 0. The number of hydrogen-bond donors (Lipinski definition) is 0. The average Bonchev–Trinajstić information content (AvgIpc) is 2.74. The number of rotatable bonds is 1. The molecule has 2 aromatic carbocycles. The predicted molar refractivity (Wildman–Crippen MR) is 94.3 cm³/mol. The number of halogens is 7. The molecule has 0 aromatic heterocycles. The largest absolute Gasteiger partial charge is 0.417 e. The first-order chi connectivity index (χ1) is 15.3. The van der Waals surface area contributed by atoms with Crippen LogP contribution in [0.3, 0.4) is 0 Å². The Morgan fingerprint density at radius 2 is 1.18 bits per heavy atom. The molecule has 0 saturated heterocycles. The molecule has 12 heteroatoms.